The molecule has 2 nitrogen and oxygen atoms in total. The first-order valence-corrected chi connectivity index (χ1v) is 8.80. The van der Waals surface area contributed by atoms with E-state index in [1.54, 1.807) is 0 Å². The number of hydrogen-bond acceptors (Lipinski definition) is 1. The zero-order valence-corrected chi connectivity index (χ0v) is 14.5. The Morgan fingerprint density at radius 1 is 1.13 bits per heavy atom. The van der Waals surface area contributed by atoms with Crippen LogP contribution in [0.2, 0.25) is 0 Å². The minimum absolute atomic E-state index is 0.424. The van der Waals surface area contributed by atoms with E-state index in [0.717, 1.165) is 24.6 Å². The van der Waals surface area contributed by atoms with Gasteiger partial charge in [-0.05, 0) is 55.1 Å². The maximum absolute atomic E-state index is 5.66. The van der Waals surface area contributed by atoms with Gasteiger partial charge in [0.2, 0.25) is 0 Å². The largest absolute Gasteiger partial charge is 0.362 e. The van der Waals surface area contributed by atoms with Crippen LogP contribution in [0.4, 0.5) is 0 Å². The fourth-order valence-corrected chi connectivity index (χ4v) is 3.67. The summed E-state index contributed by atoms with van der Waals surface area (Å²) in [6.45, 7) is 4.13. The van der Waals surface area contributed by atoms with E-state index in [1.807, 2.05) is 0 Å². The van der Waals surface area contributed by atoms with Gasteiger partial charge in [0.1, 0.15) is 0 Å². The van der Waals surface area contributed by atoms with Gasteiger partial charge < -0.3 is 10.2 Å². The highest BCUT2D eigenvalue weighted by Crippen LogP contribution is 2.33. The summed E-state index contributed by atoms with van der Waals surface area (Å²) in [4.78, 5) is 2.36. The Hall–Kier alpha value is -1.87. The van der Waals surface area contributed by atoms with Crippen LogP contribution >= 0.6 is 12.2 Å². The molecule has 1 aliphatic heterocycles. The molecule has 1 atom stereocenters. The molecule has 3 heteroatoms. The third-order valence-corrected chi connectivity index (χ3v) is 4.97. The van der Waals surface area contributed by atoms with Crippen molar-refractivity contribution in [3.05, 3.63) is 71.3 Å². The van der Waals surface area contributed by atoms with Gasteiger partial charge in [-0.25, -0.2) is 0 Å². The molecule has 0 aromatic heterocycles. The van der Waals surface area contributed by atoms with Crippen molar-refractivity contribution < 1.29 is 0 Å². The zero-order valence-electron chi connectivity index (χ0n) is 13.7. The summed E-state index contributed by atoms with van der Waals surface area (Å²) in [7, 11) is 0. The molecule has 0 radical (unpaired) electrons. The lowest BCUT2D eigenvalue weighted by atomic mass is 9.99. The van der Waals surface area contributed by atoms with Crippen LogP contribution in [-0.4, -0.2) is 23.1 Å². The molecule has 120 valence electrons. The minimum Gasteiger partial charge on any atom is -0.362 e. The molecule has 23 heavy (non-hydrogen) atoms. The van der Waals surface area contributed by atoms with Crippen LogP contribution in [0.15, 0.2) is 54.6 Å². The van der Waals surface area contributed by atoms with Crippen molar-refractivity contribution in [3.8, 4) is 0 Å². The molecule has 0 unspecified atom stereocenters. The van der Waals surface area contributed by atoms with Gasteiger partial charge in [-0.3, -0.25) is 0 Å². The molecule has 2 aromatic rings. The SMILES string of the molecule is Cc1ccccc1[C@@H]1CCCN1C(=S)NCCc1ccccc1. The second-order valence-electron chi connectivity index (χ2n) is 6.18. The molecule has 1 aliphatic rings. The van der Waals surface area contributed by atoms with Crippen LogP contribution in [0.5, 0.6) is 0 Å². The van der Waals surface area contributed by atoms with Gasteiger partial charge in [0.25, 0.3) is 0 Å². The number of rotatable bonds is 4. The molecular weight excluding hydrogens is 300 g/mol. The molecule has 0 spiro atoms. The average molecular weight is 324 g/mol. The Balaban J connectivity index is 1.59. The third-order valence-electron chi connectivity index (χ3n) is 4.59. The number of nitrogens with one attached hydrogen (secondary N) is 1. The van der Waals surface area contributed by atoms with Gasteiger partial charge in [-0.1, -0.05) is 54.6 Å². The minimum atomic E-state index is 0.424. The highest BCUT2D eigenvalue weighted by molar-refractivity contribution is 7.80. The van der Waals surface area contributed by atoms with E-state index in [0.29, 0.717) is 6.04 Å². The van der Waals surface area contributed by atoms with Crippen LogP contribution in [0.25, 0.3) is 0 Å². The van der Waals surface area contributed by atoms with Crippen molar-refractivity contribution in [1.29, 1.82) is 0 Å². The van der Waals surface area contributed by atoms with Crippen molar-refractivity contribution in [2.45, 2.75) is 32.2 Å². The van der Waals surface area contributed by atoms with E-state index in [1.165, 1.54) is 29.5 Å². The van der Waals surface area contributed by atoms with Crippen molar-refractivity contribution in [3.63, 3.8) is 0 Å². The van der Waals surface area contributed by atoms with Gasteiger partial charge in [-0.2, -0.15) is 0 Å². The van der Waals surface area contributed by atoms with Gasteiger partial charge in [0.05, 0.1) is 6.04 Å². The zero-order chi connectivity index (χ0) is 16.1. The fraction of sp³-hybridized carbons (Fsp3) is 0.350. The predicted octanol–water partition coefficient (Wildman–Crippen LogP) is 4.25. The van der Waals surface area contributed by atoms with E-state index in [-0.39, 0.29) is 0 Å². The van der Waals surface area contributed by atoms with Gasteiger partial charge in [-0.15, -0.1) is 0 Å². The maximum Gasteiger partial charge on any atom is 0.169 e. The Morgan fingerprint density at radius 3 is 2.65 bits per heavy atom. The Bertz CT molecular complexity index is 654. The van der Waals surface area contributed by atoms with E-state index >= 15 is 0 Å². The van der Waals surface area contributed by atoms with E-state index in [9.17, 15) is 0 Å². The summed E-state index contributed by atoms with van der Waals surface area (Å²) >= 11 is 5.66. The molecule has 0 aliphatic carbocycles. The summed E-state index contributed by atoms with van der Waals surface area (Å²) in [6.07, 6.45) is 3.40. The number of likely N-dealkylation sites (tertiary alicyclic amines) is 1. The summed E-state index contributed by atoms with van der Waals surface area (Å²) in [5.74, 6) is 0. The first kappa shape index (κ1) is 16.0. The van der Waals surface area contributed by atoms with Gasteiger partial charge in [0, 0.05) is 13.1 Å². The quantitative estimate of drug-likeness (QED) is 0.847. The fourth-order valence-electron chi connectivity index (χ4n) is 3.35. The van der Waals surface area contributed by atoms with Gasteiger partial charge in [0.15, 0.2) is 5.11 Å². The van der Waals surface area contributed by atoms with Crippen LogP contribution in [0, 0.1) is 6.92 Å². The average Bonchev–Trinajstić information content (AvgIpc) is 3.06. The highest BCUT2D eigenvalue weighted by Gasteiger charge is 2.28. The molecule has 0 saturated carbocycles. The molecule has 1 saturated heterocycles. The standard InChI is InChI=1S/C20H24N2S/c1-16-8-5-6-11-18(16)19-12-7-15-22(19)20(23)21-14-13-17-9-3-2-4-10-17/h2-6,8-11,19H,7,12-15H2,1H3,(H,21,23)/t19-/m0/s1. The van der Waals surface area contributed by atoms with Crippen molar-refractivity contribution in [1.82, 2.24) is 10.2 Å². The second-order valence-corrected chi connectivity index (χ2v) is 6.56. The smallest absolute Gasteiger partial charge is 0.169 e. The monoisotopic (exact) mass is 324 g/mol. The van der Waals surface area contributed by atoms with Crippen molar-refractivity contribution in [2.75, 3.05) is 13.1 Å². The number of aryl methyl sites for hydroxylation is 1. The Kier molecular flexibility index (Phi) is 5.29. The molecule has 0 bridgehead atoms. The maximum atomic E-state index is 5.66. The van der Waals surface area contributed by atoms with E-state index < -0.39 is 0 Å². The van der Waals surface area contributed by atoms with Crippen molar-refractivity contribution in [2.24, 2.45) is 0 Å². The van der Waals surface area contributed by atoms with E-state index in [4.69, 9.17) is 12.2 Å². The first-order chi connectivity index (χ1) is 11.3. The molecule has 2 aromatic carbocycles. The molecule has 1 N–H and O–H groups in total. The second kappa shape index (κ2) is 7.60. The third kappa shape index (κ3) is 3.91. The molecule has 3 rings (SSSR count). The molecular formula is C20H24N2S. The lowest BCUT2D eigenvalue weighted by molar-refractivity contribution is 0.392. The summed E-state index contributed by atoms with van der Waals surface area (Å²) in [5.41, 5.74) is 4.12. The summed E-state index contributed by atoms with van der Waals surface area (Å²) < 4.78 is 0. The van der Waals surface area contributed by atoms with Crippen LogP contribution in [0.1, 0.15) is 35.6 Å². The lowest BCUT2D eigenvalue weighted by Crippen LogP contribution is -2.40. The van der Waals surface area contributed by atoms with Crippen LogP contribution in [0.3, 0.4) is 0 Å². The first-order valence-electron chi connectivity index (χ1n) is 8.39. The number of hydrogen-bond donors (Lipinski definition) is 1. The Morgan fingerprint density at radius 2 is 1.87 bits per heavy atom. The van der Waals surface area contributed by atoms with Crippen LogP contribution in [-0.2, 0) is 6.42 Å². The number of benzene rings is 2. The topological polar surface area (TPSA) is 15.3 Å². The molecule has 1 heterocycles. The normalized spacial score (nSPS) is 17.3. The van der Waals surface area contributed by atoms with Gasteiger partial charge >= 0.3 is 0 Å². The Labute approximate surface area is 144 Å². The number of thiocarbonyl (C=S) groups is 1. The highest BCUT2D eigenvalue weighted by atomic mass is 32.1. The summed E-state index contributed by atoms with van der Waals surface area (Å²) in [5, 5.41) is 4.34. The molecule has 0 amide bonds. The number of nitrogens with zero attached hydrogens (tertiary/aromatic N) is 1. The summed E-state index contributed by atoms with van der Waals surface area (Å²) in [6, 6.07) is 19.6. The lowest BCUT2D eigenvalue weighted by Gasteiger charge is -2.29. The molecule has 1 fully saturated rings. The predicted molar refractivity (Wildman–Crippen MR) is 101 cm³/mol. The van der Waals surface area contributed by atoms with E-state index in [2.05, 4.69) is 71.7 Å². The van der Waals surface area contributed by atoms with Crippen molar-refractivity contribution >= 4 is 17.3 Å². The van der Waals surface area contributed by atoms with Crippen LogP contribution < -0.4 is 5.32 Å².